The first kappa shape index (κ1) is 13.4. The molecule has 0 aliphatic heterocycles. The molecular formula is C15H18BrNO. The summed E-state index contributed by atoms with van der Waals surface area (Å²) in [6.07, 6.45) is 0. The Kier molecular flexibility index (Phi) is 4.25. The molecule has 2 nitrogen and oxygen atoms in total. The molecule has 1 aromatic carbocycles. The summed E-state index contributed by atoms with van der Waals surface area (Å²) in [4.78, 5) is 0. The Labute approximate surface area is 117 Å². The molecule has 1 unspecified atom stereocenters. The lowest BCUT2D eigenvalue weighted by Crippen LogP contribution is -2.16. The van der Waals surface area contributed by atoms with E-state index in [1.54, 1.807) is 0 Å². The van der Waals surface area contributed by atoms with Crippen molar-refractivity contribution in [3.63, 3.8) is 0 Å². The highest BCUT2D eigenvalue weighted by atomic mass is 79.9. The van der Waals surface area contributed by atoms with Crippen LogP contribution >= 0.6 is 15.9 Å². The maximum absolute atomic E-state index is 5.90. The normalized spacial score (nSPS) is 12.7. The monoisotopic (exact) mass is 307 g/mol. The van der Waals surface area contributed by atoms with Gasteiger partial charge in [0, 0.05) is 10.0 Å². The second-order valence-corrected chi connectivity index (χ2v) is 5.30. The summed E-state index contributed by atoms with van der Waals surface area (Å²) in [7, 11) is 0. The van der Waals surface area contributed by atoms with Gasteiger partial charge >= 0.3 is 0 Å². The van der Waals surface area contributed by atoms with Gasteiger partial charge in [0.15, 0.2) is 0 Å². The molecule has 0 aliphatic rings. The van der Waals surface area contributed by atoms with Gasteiger partial charge in [0.05, 0.1) is 6.04 Å². The van der Waals surface area contributed by atoms with E-state index in [1.165, 1.54) is 5.56 Å². The van der Waals surface area contributed by atoms with Gasteiger partial charge in [-0.3, -0.25) is 0 Å². The third-order valence-electron chi connectivity index (χ3n) is 3.02. The van der Waals surface area contributed by atoms with E-state index in [0.717, 1.165) is 28.1 Å². The number of rotatable bonds is 4. The molecule has 2 rings (SSSR count). The molecule has 0 bridgehead atoms. The standard InChI is InChI=1S/C15H18BrNO/c1-4-17-11(3)14-7-8-15(18-14)12-6-5-10(2)13(16)9-12/h5-9,11,17H,4H2,1-3H3. The van der Waals surface area contributed by atoms with E-state index in [1.807, 2.05) is 12.1 Å². The van der Waals surface area contributed by atoms with Gasteiger partial charge in [0.1, 0.15) is 11.5 Å². The lowest BCUT2D eigenvalue weighted by molar-refractivity contribution is 0.445. The minimum absolute atomic E-state index is 0.248. The van der Waals surface area contributed by atoms with Crippen molar-refractivity contribution >= 4 is 15.9 Å². The van der Waals surface area contributed by atoms with E-state index < -0.39 is 0 Å². The van der Waals surface area contributed by atoms with Crippen LogP contribution < -0.4 is 5.32 Å². The summed E-state index contributed by atoms with van der Waals surface area (Å²) in [6.45, 7) is 7.22. The molecule has 0 radical (unpaired) electrons. The van der Waals surface area contributed by atoms with Crippen molar-refractivity contribution in [3.05, 3.63) is 46.1 Å². The van der Waals surface area contributed by atoms with E-state index in [4.69, 9.17) is 4.42 Å². The molecule has 0 aliphatic carbocycles. The van der Waals surface area contributed by atoms with Gasteiger partial charge in [-0.25, -0.2) is 0 Å². The summed E-state index contributed by atoms with van der Waals surface area (Å²) in [6, 6.07) is 10.6. The molecule has 1 aromatic heterocycles. The topological polar surface area (TPSA) is 25.2 Å². The number of halogens is 1. The summed E-state index contributed by atoms with van der Waals surface area (Å²) >= 11 is 3.55. The zero-order valence-corrected chi connectivity index (χ0v) is 12.5. The van der Waals surface area contributed by atoms with Gasteiger partial charge in [-0.05, 0) is 44.2 Å². The Bertz CT molecular complexity index is 533. The number of aryl methyl sites for hydroxylation is 1. The molecule has 0 spiro atoms. The second-order valence-electron chi connectivity index (χ2n) is 4.45. The van der Waals surface area contributed by atoms with Gasteiger partial charge in [-0.15, -0.1) is 0 Å². The van der Waals surface area contributed by atoms with Crippen LogP contribution in [0.2, 0.25) is 0 Å². The number of nitrogens with one attached hydrogen (secondary N) is 1. The molecule has 1 atom stereocenters. The molecule has 96 valence electrons. The van der Waals surface area contributed by atoms with Gasteiger partial charge in [0.25, 0.3) is 0 Å². The van der Waals surface area contributed by atoms with Gasteiger partial charge in [-0.1, -0.05) is 35.0 Å². The van der Waals surface area contributed by atoms with Crippen LogP contribution in [0.4, 0.5) is 0 Å². The molecule has 3 heteroatoms. The fourth-order valence-corrected chi connectivity index (χ4v) is 2.27. The van der Waals surface area contributed by atoms with E-state index in [-0.39, 0.29) is 6.04 Å². The zero-order valence-electron chi connectivity index (χ0n) is 11.0. The zero-order chi connectivity index (χ0) is 13.1. The van der Waals surface area contributed by atoms with Gasteiger partial charge in [-0.2, -0.15) is 0 Å². The Morgan fingerprint density at radius 2 is 2.06 bits per heavy atom. The second kappa shape index (κ2) is 5.72. The van der Waals surface area contributed by atoms with Crippen molar-refractivity contribution in [2.75, 3.05) is 6.54 Å². The number of benzene rings is 1. The first-order valence-electron chi connectivity index (χ1n) is 6.21. The van der Waals surface area contributed by atoms with Crippen LogP contribution in [0, 0.1) is 6.92 Å². The third-order valence-corrected chi connectivity index (χ3v) is 3.87. The van der Waals surface area contributed by atoms with Crippen LogP contribution in [-0.4, -0.2) is 6.54 Å². The van der Waals surface area contributed by atoms with Crippen LogP contribution in [0.5, 0.6) is 0 Å². The Hall–Kier alpha value is -1.06. The molecule has 2 aromatic rings. The maximum atomic E-state index is 5.90. The Balaban J connectivity index is 2.26. The molecule has 0 saturated heterocycles. The highest BCUT2D eigenvalue weighted by molar-refractivity contribution is 9.10. The van der Waals surface area contributed by atoms with Crippen LogP contribution in [0.15, 0.2) is 39.2 Å². The summed E-state index contributed by atoms with van der Waals surface area (Å²) in [5.41, 5.74) is 2.33. The average Bonchev–Trinajstić information content (AvgIpc) is 2.82. The molecular weight excluding hydrogens is 290 g/mol. The van der Waals surface area contributed by atoms with E-state index in [9.17, 15) is 0 Å². The van der Waals surface area contributed by atoms with Crippen molar-refractivity contribution in [2.45, 2.75) is 26.8 Å². The van der Waals surface area contributed by atoms with E-state index in [0.29, 0.717) is 0 Å². The fourth-order valence-electron chi connectivity index (χ4n) is 1.89. The third kappa shape index (κ3) is 2.85. The van der Waals surface area contributed by atoms with Crippen LogP contribution in [0.1, 0.15) is 31.2 Å². The highest BCUT2D eigenvalue weighted by Crippen LogP contribution is 2.28. The quantitative estimate of drug-likeness (QED) is 0.886. The van der Waals surface area contributed by atoms with Crippen molar-refractivity contribution in [1.82, 2.24) is 5.32 Å². The van der Waals surface area contributed by atoms with Crippen molar-refractivity contribution in [3.8, 4) is 11.3 Å². The number of hydrogen-bond acceptors (Lipinski definition) is 2. The Morgan fingerprint density at radius 1 is 1.28 bits per heavy atom. The fraction of sp³-hybridized carbons (Fsp3) is 0.333. The maximum Gasteiger partial charge on any atom is 0.134 e. The lowest BCUT2D eigenvalue weighted by Gasteiger charge is -2.08. The molecule has 0 fully saturated rings. The average molecular weight is 308 g/mol. The molecule has 0 saturated carbocycles. The SMILES string of the molecule is CCNC(C)c1ccc(-c2ccc(C)c(Br)c2)o1. The first-order chi connectivity index (χ1) is 8.61. The predicted molar refractivity (Wildman–Crippen MR) is 78.7 cm³/mol. The van der Waals surface area contributed by atoms with Crippen LogP contribution in [-0.2, 0) is 0 Å². The minimum atomic E-state index is 0.248. The number of hydrogen-bond donors (Lipinski definition) is 1. The van der Waals surface area contributed by atoms with E-state index in [2.05, 4.69) is 60.2 Å². The van der Waals surface area contributed by atoms with Crippen LogP contribution in [0.25, 0.3) is 11.3 Å². The lowest BCUT2D eigenvalue weighted by atomic mass is 10.1. The molecule has 1 heterocycles. The van der Waals surface area contributed by atoms with Gasteiger partial charge in [0.2, 0.25) is 0 Å². The predicted octanol–water partition coefficient (Wildman–Crippen LogP) is 4.69. The molecule has 0 amide bonds. The Morgan fingerprint density at radius 3 is 2.72 bits per heavy atom. The summed E-state index contributed by atoms with van der Waals surface area (Å²) in [5, 5.41) is 3.34. The van der Waals surface area contributed by atoms with Gasteiger partial charge < -0.3 is 9.73 Å². The minimum Gasteiger partial charge on any atom is -0.459 e. The van der Waals surface area contributed by atoms with Crippen LogP contribution in [0.3, 0.4) is 0 Å². The highest BCUT2D eigenvalue weighted by Gasteiger charge is 2.10. The summed E-state index contributed by atoms with van der Waals surface area (Å²) in [5.74, 6) is 1.89. The first-order valence-corrected chi connectivity index (χ1v) is 7.00. The largest absolute Gasteiger partial charge is 0.459 e. The number of furan rings is 1. The van der Waals surface area contributed by atoms with Crippen molar-refractivity contribution in [2.24, 2.45) is 0 Å². The molecule has 18 heavy (non-hydrogen) atoms. The molecule has 1 N–H and O–H groups in total. The van der Waals surface area contributed by atoms with Crippen molar-refractivity contribution in [1.29, 1.82) is 0 Å². The van der Waals surface area contributed by atoms with Crippen molar-refractivity contribution < 1.29 is 4.42 Å². The smallest absolute Gasteiger partial charge is 0.134 e. The summed E-state index contributed by atoms with van der Waals surface area (Å²) < 4.78 is 7.00. The van der Waals surface area contributed by atoms with E-state index >= 15 is 0 Å².